The number of rotatable bonds is 5. The van der Waals surface area contributed by atoms with E-state index in [0.29, 0.717) is 12.8 Å². The normalized spacial score (nSPS) is 12.7. The average Bonchev–Trinajstić information content (AvgIpc) is 3.01. The number of carbonyl (C=O) groups is 1. The molecular weight excluding hydrogens is 313 g/mol. The summed E-state index contributed by atoms with van der Waals surface area (Å²) >= 11 is 0. The van der Waals surface area contributed by atoms with Crippen LogP contribution >= 0.6 is 0 Å². The number of aromatic nitrogens is 2. The lowest BCUT2D eigenvalue weighted by Gasteiger charge is -2.19. The van der Waals surface area contributed by atoms with E-state index in [9.17, 15) is 18.0 Å². The van der Waals surface area contributed by atoms with Crippen LogP contribution in [0.2, 0.25) is 0 Å². The quantitative estimate of drug-likeness (QED) is 0.776. The summed E-state index contributed by atoms with van der Waals surface area (Å²) in [7, 11) is 0. The molecule has 0 aliphatic carbocycles. The summed E-state index contributed by atoms with van der Waals surface area (Å²) in [5.41, 5.74) is -0.828. The minimum atomic E-state index is -4.47. The van der Waals surface area contributed by atoms with Crippen molar-refractivity contribution >= 4 is 6.09 Å². The smallest absolute Gasteiger partial charge is 0.422 e. The average molecular weight is 328 g/mol. The largest absolute Gasteiger partial charge is 0.455 e. The van der Waals surface area contributed by atoms with E-state index in [1.807, 2.05) is 6.92 Å². The molecule has 0 amide bonds. The van der Waals surface area contributed by atoms with E-state index in [4.69, 9.17) is 9.47 Å². The molecule has 0 spiro atoms. The number of benzene rings is 1. The van der Waals surface area contributed by atoms with Crippen LogP contribution in [0.4, 0.5) is 18.0 Å². The van der Waals surface area contributed by atoms with Crippen LogP contribution in [0, 0.1) is 0 Å². The van der Waals surface area contributed by atoms with Crippen LogP contribution in [-0.4, -0.2) is 21.9 Å². The molecule has 2 rings (SSSR count). The zero-order chi connectivity index (χ0) is 16.9. The number of halogens is 3. The molecule has 1 aromatic heterocycles. The van der Waals surface area contributed by atoms with Crippen LogP contribution in [-0.2, 0) is 10.9 Å². The van der Waals surface area contributed by atoms with Crippen molar-refractivity contribution in [2.75, 3.05) is 0 Å². The van der Waals surface area contributed by atoms with Crippen molar-refractivity contribution in [2.24, 2.45) is 0 Å². The Kier molecular flexibility index (Phi) is 5.25. The van der Waals surface area contributed by atoms with Crippen LogP contribution in [0.3, 0.4) is 0 Å². The zero-order valence-corrected chi connectivity index (χ0v) is 12.3. The molecule has 1 heterocycles. The second-order valence-corrected chi connectivity index (χ2v) is 4.72. The second kappa shape index (κ2) is 7.17. The summed E-state index contributed by atoms with van der Waals surface area (Å²) in [5, 5.41) is 0. The van der Waals surface area contributed by atoms with Crippen molar-refractivity contribution in [2.45, 2.75) is 32.2 Å². The molecule has 124 valence electrons. The molecule has 0 N–H and O–H groups in total. The van der Waals surface area contributed by atoms with Crippen LogP contribution in [0.15, 0.2) is 43.0 Å². The van der Waals surface area contributed by atoms with Gasteiger partial charge in [0.15, 0.2) is 0 Å². The highest BCUT2D eigenvalue weighted by Gasteiger charge is 2.31. The first-order valence-electron chi connectivity index (χ1n) is 6.93. The number of carbonyl (C=O) groups excluding carboxylic acids is 1. The molecule has 0 saturated heterocycles. The zero-order valence-electron chi connectivity index (χ0n) is 12.3. The van der Waals surface area contributed by atoms with E-state index in [-0.39, 0.29) is 5.75 Å². The van der Waals surface area contributed by atoms with Crippen molar-refractivity contribution in [1.82, 2.24) is 9.55 Å². The molecule has 1 unspecified atom stereocenters. The fraction of sp³-hybridized carbons (Fsp3) is 0.333. The molecule has 0 fully saturated rings. The standard InChI is InChI=1S/C15H15F3N2O3/c1-2-4-13(23-14(21)20-8-7-19-10-20)22-12-6-3-5-11(9-12)15(16,17)18/h3,5-10,13H,2,4H2,1H3. The van der Waals surface area contributed by atoms with Gasteiger partial charge in [-0.15, -0.1) is 0 Å². The van der Waals surface area contributed by atoms with E-state index < -0.39 is 24.1 Å². The Bertz CT molecular complexity index is 642. The number of alkyl halides is 3. The number of imidazole rings is 1. The molecule has 0 aliphatic rings. The summed E-state index contributed by atoms with van der Waals surface area (Å²) in [6.45, 7) is 1.84. The summed E-state index contributed by atoms with van der Waals surface area (Å²) in [4.78, 5) is 15.6. The van der Waals surface area contributed by atoms with Crippen molar-refractivity contribution in [1.29, 1.82) is 0 Å². The highest BCUT2D eigenvalue weighted by Crippen LogP contribution is 2.31. The van der Waals surface area contributed by atoms with Crippen LogP contribution in [0.25, 0.3) is 0 Å². The van der Waals surface area contributed by atoms with E-state index in [1.54, 1.807) is 0 Å². The number of nitrogens with zero attached hydrogens (tertiary/aromatic N) is 2. The highest BCUT2D eigenvalue weighted by atomic mass is 19.4. The topological polar surface area (TPSA) is 53.4 Å². The fourth-order valence-corrected chi connectivity index (χ4v) is 1.82. The third-order valence-corrected chi connectivity index (χ3v) is 2.90. The Morgan fingerprint density at radius 3 is 2.78 bits per heavy atom. The lowest BCUT2D eigenvalue weighted by molar-refractivity contribution is -0.137. The molecule has 0 radical (unpaired) electrons. The Balaban J connectivity index is 2.08. The van der Waals surface area contributed by atoms with Gasteiger partial charge in [-0.25, -0.2) is 14.3 Å². The Labute approximate surface area is 130 Å². The first-order valence-corrected chi connectivity index (χ1v) is 6.93. The van der Waals surface area contributed by atoms with E-state index in [2.05, 4.69) is 4.98 Å². The second-order valence-electron chi connectivity index (χ2n) is 4.72. The third kappa shape index (κ3) is 4.73. The lowest BCUT2D eigenvalue weighted by atomic mass is 10.2. The molecule has 5 nitrogen and oxygen atoms in total. The van der Waals surface area contributed by atoms with Gasteiger partial charge in [0.2, 0.25) is 6.29 Å². The maximum atomic E-state index is 12.7. The number of ether oxygens (including phenoxy) is 2. The first kappa shape index (κ1) is 16.9. The summed E-state index contributed by atoms with van der Waals surface area (Å²) in [6.07, 6.45) is -1.13. The molecule has 0 aliphatic heterocycles. The Morgan fingerprint density at radius 1 is 1.39 bits per heavy atom. The lowest BCUT2D eigenvalue weighted by Crippen LogP contribution is -2.26. The van der Waals surface area contributed by atoms with Gasteiger partial charge in [-0.3, -0.25) is 0 Å². The van der Waals surface area contributed by atoms with E-state index in [1.165, 1.54) is 30.9 Å². The SMILES string of the molecule is CCCC(OC(=O)n1ccnc1)Oc1cccc(C(F)(F)F)c1. The molecule has 1 atom stereocenters. The highest BCUT2D eigenvalue weighted by molar-refractivity contribution is 5.70. The molecule has 1 aromatic carbocycles. The van der Waals surface area contributed by atoms with Gasteiger partial charge < -0.3 is 9.47 Å². The van der Waals surface area contributed by atoms with Crippen LogP contribution in [0.5, 0.6) is 5.75 Å². The minimum absolute atomic E-state index is 0.0169. The predicted molar refractivity (Wildman–Crippen MR) is 74.9 cm³/mol. The van der Waals surface area contributed by atoms with Crippen LogP contribution in [0.1, 0.15) is 25.3 Å². The van der Waals surface area contributed by atoms with Gasteiger partial charge in [0.05, 0.1) is 5.56 Å². The van der Waals surface area contributed by atoms with Crippen molar-refractivity contribution in [3.63, 3.8) is 0 Å². The molecule has 8 heteroatoms. The molecule has 0 saturated carbocycles. The minimum Gasteiger partial charge on any atom is -0.455 e. The van der Waals surface area contributed by atoms with E-state index in [0.717, 1.165) is 16.7 Å². The van der Waals surface area contributed by atoms with Gasteiger partial charge in [-0.05, 0) is 24.6 Å². The molecular formula is C15H15F3N2O3. The monoisotopic (exact) mass is 328 g/mol. The number of hydrogen-bond acceptors (Lipinski definition) is 4. The molecule has 0 bridgehead atoms. The van der Waals surface area contributed by atoms with Crippen molar-refractivity contribution < 1.29 is 27.4 Å². The Morgan fingerprint density at radius 2 is 2.17 bits per heavy atom. The maximum Gasteiger partial charge on any atom is 0.422 e. The third-order valence-electron chi connectivity index (χ3n) is 2.90. The van der Waals surface area contributed by atoms with Gasteiger partial charge in [0, 0.05) is 18.8 Å². The van der Waals surface area contributed by atoms with E-state index >= 15 is 0 Å². The van der Waals surface area contributed by atoms with Gasteiger partial charge in [0.25, 0.3) is 0 Å². The maximum absolute atomic E-state index is 12.7. The summed E-state index contributed by atoms with van der Waals surface area (Å²) in [5.74, 6) is -0.0169. The Hall–Kier alpha value is -2.51. The molecule has 2 aromatic rings. The van der Waals surface area contributed by atoms with Gasteiger partial charge in [-0.1, -0.05) is 13.0 Å². The first-order chi connectivity index (χ1) is 10.9. The van der Waals surface area contributed by atoms with Gasteiger partial charge in [-0.2, -0.15) is 13.2 Å². The van der Waals surface area contributed by atoms with Gasteiger partial charge >= 0.3 is 12.3 Å². The summed E-state index contributed by atoms with van der Waals surface area (Å²) in [6, 6.07) is 4.43. The fourth-order valence-electron chi connectivity index (χ4n) is 1.82. The van der Waals surface area contributed by atoms with Crippen molar-refractivity contribution in [3.05, 3.63) is 48.5 Å². The molecule has 23 heavy (non-hydrogen) atoms. The van der Waals surface area contributed by atoms with Crippen molar-refractivity contribution in [3.8, 4) is 5.75 Å². The van der Waals surface area contributed by atoms with Crippen LogP contribution < -0.4 is 4.74 Å². The summed E-state index contributed by atoms with van der Waals surface area (Å²) < 4.78 is 49.7. The predicted octanol–water partition coefficient (Wildman–Crippen LogP) is 4.09. The number of hydrogen-bond donors (Lipinski definition) is 0. The van der Waals surface area contributed by atoms with Gasteiger partial charge in [0.1, 0.15) is 12.1 Å².